The maximum absolute atomic E-state index is 5.38. The van der Waals surface area contributed by atoms with E-state index in [2.05, 4.69) is 0 Å². The van der Waals surface area contributed by atoms with Crippen molar-refractivity contribution >= 4 is 23.2 Å². The van der Waals surface area contributed by atoms with Gasteiger partial charge in [0.05, 0.1) is 0 Å². The molecule has 0 N–H and O–H groups in total. The van der Waals surface area contributed by atoms with E-state index in [0.29, 0.717) is 6.61 Å². The predicted octanol–water partition coefficient (Wildman–Crippen LogP) is 2.17. The Morgan fingerprint density at radius 2 is 2.00 bits per heavy atom. The molecule has 0 aromatic rings. The van der Waals surface area contributed by atoms with Crippen LogP contribution in [0.5, 0.6) is 0 Å². The average Bonchev–Trinajstić information content (AvgIpc) is 1.30. The van der Waals surface area contributed by atoms with Crippen LogP contribution < -0.4 is 0 Å². The highest BCUT2D eigenvalue weighted by molar-refractivity contribution is 6.46. The fraction of sp³-hybridized carbons (Fsp3) is 1.00. The molecule has 0 aromatic carbocycles. The van der Waals surface area contributed by atoms with E-state index in [1.54, 1.807) is 6.92 Å². The molecule has 0 amide bonds. The van der Waals surface area contributed by atoms with Crippen LogP contribution in [0, 0.1) is 0 Å². The van der Waals surface area contributed by atoms with Crippen molar-refractivity contribution < 1.29 is 4.74 Å². The van der Waals surface area contributed by atoms with Crippen LogP contribution in [0.25, 0.3) is 0 Å². The molecule has 0 aliphatic carbocycles. The highest BCUT2D eigenvalue weighted by atomic mass is 35.5. The number of halogens is 2. The summed E-state index contributed by atoms with van der Waals surface area (Å²) in [6.45, 7) is 3.96. The lowest BCUT2D eigenvalue weighted by Gasteiger charge is -2.10. The van der Waals surface area contributed by atoms with Gasteiger partial charge in [-0.05, 0) is 13.8 Å². The first-order chi connectivity index (χ1) is 3.06. The molecule has 0 saturated carbocycles. The van der Waals surface area contributed by atoms with Gasteiger partial charge >= 0.3 is 0 Å². The molecule has 0 rings (SSSR count). The van der Waals surface area contributed by atoms with Gasteiger partial charge in [-0.1, -0.05) is 23.2 Å². The Morgan fingerprint density at radius 3 is 2.00 bits per heavy atom. The van der Waals surface area contributed by atoms with Crippen LogP contribution in [-0.2, 0) is 4.74 Å². The van der Waals surface area contributed by atoms with Gasteiger partial charge in [-0.25, -0.2) is 0 Å². The molecule has 0 aliphatic heterocycles. The monoisotopic (exact) mass is 142 g/mol. The highest BCUT2D eigenvalue weighted by Crippen LogP contribution is 2.19. The van der Waals surface area contributed by atoms with Gasteiger partial charge in [-0.15, -0.1) is 0 Å². The molecule has 44 valence electrons. The Kier molecular flexibility index (Phi) is 2.96. The molecule has 0 heterocycles. The van der Waals surface area contributed by atoms with Gasteiger partial charge in [0.25, 0.3) is 0 Å². The van der Waals surface area contributed by atoms with Crippen molar-refractivity contribution in [1.82, 2.24) is 0 Å². The van der Waals surface area contributed by atoms with Crippen molar-refractivity contribution in [2.45, 2.75) is 18.4 Å². The van der Waals surface area contributed by atoms with Crippen LogP contribution in [-0.4, -0.2) is 11.1 Å². The number of hydrogen-bond donors (Lipinski definition) is 0. The third-order valence-electron chi connectivity index (χ3n) is 0.398. The van der Waals surface area contributed by atoms with Crippen LogP contribution in [0.1, 0.15) is 13.8 Å². The zero-order valence-electron chi connectivity index (χ0n) is 4.37. The second-order valence-electron chi connectivity index (χ2n) is 1.24. The van der Waals surface area contributed by atoms with Crippen molar-refractivity contribution in [2.75, 3.05) is 6.61 Å². The Balaban J connectivity index is 3.15. The maximum Gasteiger partial charge on any atom is 0.214 e. The van der Waals surface area contributed by atoms with Crippen molar-refractivity contribution in [3.63, 3.8) is 0 Å². The largest absolute Gasteiger partial charge is 0.347 e. The summed E-state index contributed by atoms with van der Waals surface area (Å²) in [5, 5.41) is 0. The van der Waals surface area contributed by atoms with E-state index >= 15 is 0 Å². The second-order valence-corrected chi connectivity index (χ2v) is 2.88. The third-order valence-corrected chi connectivity index (χ3v) is 0.616. The Morgan fingerprint density at radius 1 is 1.57 bits per heavy atom. The Bertz CT molecular complexity index is 48.1. The third kappa shape index (κ3) is 6.54. The van der Waals surface area contributed by atoms with E-state index in [-0.39, 0.29) is 0 Å². The van der Waals surface area contributed by atoms with Crippen molar-refractivity contribution in [3.8, 4) is 0 Å². The molecular formula is C4H8Cl2O. The minimum atomic E-state index is -1.01. The first kappa shape index (κ1) is 7.54. The van der Waals surface area contributed by atoms with Gasteiger partial charge in [-0.3, -0.25) is 0 Å². The zero-order valence-corrected chi connectivity index (χ0v) is 5.88. The molecule has 0 spiro atoms. The molecule has 1 nitrogen and oxygen atoms in total. The first-order valence-corrected chi connectivity index (χ1v) is 2.83. The predicted molar refractivity (Wildman–Crippen MR) is 31.7 cm³/mol. The molecule has 0 aromatic heterocycles. The maximum atomic E-state index is 5.38. The Hall–Kier alpha value is 0.540. The average molecular weight is 143 g/mol. The standard InChI is InChI=1S/C4H8Cl2O/c1-3-7-4(2,5)6/h3H2,1-2H3. The molecule has 0 aliphatic rings. The molecule has 0 radical (unpaired) electrons. The lowest BCUT2D eigenvalue weighted by Crippen LogP contribution is -2.10. The van der Waals surface area contributed by atoms with E-state index in [9.17, 15) is 0 Å². The smallest absolute Gasteiger partial charge is 0.214 e. The molecular weight excluding hydrogens is 135 g/mol. The molecule has 0 fully saturated rings. The molecule has 7 heavy (non-hydrogen) atoms. The van der Waals surface area contributed by atoms with Crippen LogP contribution in [0.15, 0.2) is 0 Å². The fourth-order valence-electron chi connectivity index (χ4n) is 0.253. The number of ether oxygens (including phenoxy) is 1. The summed E-state index contributed by atoms with van der Waals surface area (Å²) >= 11 is 10.8. The van der Waals surface area contributed by atoms with E-state index in [1.807, 2.05) is 6.92 Å². The topological polar surface area (TPSA) is 9.23 Å². The first-order valence-electron chi connectivity index (χ1n) is 2.08. The Labute approximate surface area is 53.6 Å². The lowest BCUT2D eigenvalue weighted by molar-refractivity contribution is 0.102. The number of rotatable bonds is 2. The van der Waals surface area contributed by atoms with Crippen molar-refractivity contribution in [2.24, 2.45) is 0 Å². The number of hydrogen-bond acceptors (Lipinski definition) is 1. The van der Waals surface area contributed by atoms with Gasteiger partial charge in [-0.2, -0.15) is 0 Å². The summed E-state index contributed by atoms with van der Waals surface area (Å²) in [4.78, 5) is 0. The SMILES string of the molecule is CCOC(C)(Cl)Cl. The van der Waals surface area contributed by atoms with Crippen LogP contribution >= 0.6 is 23.2 Å². The van der Waals surface area contributed by atoms with Gasteiger partial charge in [0.15, 0.2) is 0 Å². The van der Waals surface area contributed by atoms with Crippen LogP contribution in [0.4, 0.5) is 0 Å². The van der Waals surface area contributed by atoms with E-state index in [1.165, 1.54) is 0 Å². The van der Waals surface area contributed by atoms with E-state index in [0.717, 1.165) is 0 Å². The normalized spacial score (nSPS) is 12.0. The summed E-state index contributed by atoms with van der Waals surface area (Å²) in [5.74, 6) is 0. The minimum Gasteiger partial charge on any atom is -0.347 e. The van der Waals surface area contributed by atoms with Gasteiger partial charge in [0.1, 0.15) is 0 Å². The second kappa shape index (κ2) is 2.75. The highest BCUT2D eigenvalue weighted by Gasteiger charge is 2.13. The minimum absolute atomic E-state index is 0.545. The quantitative estimate of drug-likeness (QED) is 0.538. The summed E-state index contributed by atoms with van der Waals surface area (Å²) in [7, 11) is 0. The van der Waals surface area contributed by atoms with Crippen molar-refractivity contribution in [1.29, 1.82) is 0 Å². The van der Waals surface area contributed by atoms with E-state index in [4.69, 9.17) is 27.9 Å². The summed E-state index contributed by atoms with van der Waals surface area (Å²) in [6, 6.07) is 0. The fourth-order valence-corrected chi connectivity index (χ4v) is 0.472. The summed E-state index contributed by atoms with van der Waals surface area (Å²) in [5.41, 5.74) is 0. The van der Waals surface area contributed by atoms with Crippen molar-refractivity contribution in [3.05, 3.63) is 0 Å². The summed E-state index contributed by atoms with van der Waals surface area (Å²) in [6.07, 6.45) is 0. The van der Waals surface area contributed by atoms with Gasteiger partial charge < -0.3 is 4.74 Å². The molecule has 0 atom stereocenters. The zero-order chi connectivity index (χ0) is 5.91. The van der Waals surface area contributed by atoms with Crippen LogP contribution in [0.3, 0.4) is 0 Å². The number of alkyl halides is 2. The molecule has 0 saturated heterocycles. The molecule has 0 bridgehead atoms. The molecule has 3 heteroatoms. The van der Waals surface area contributed by atoms with E-state index < -0.39 is 4.52 Å². The van der Waals surface area contributed by atoms with Gasteiger partial charge in [0.2, 0.25) is 4.52 Å². The molecule has 0 unspecified atom stereocenters. The van der Waals surface area contributed by atoms with Gasteiger partial charge in [0, 0.05) is 6.61 Å². The van der Waals surface area contributed by atoms with Crippen LogP contribution in [0.2, 0.25) is 0 Å². The summed E-state index contributed by atoms with van der Waals surface area (Å²) < 4.78 is 3.75. The lowest BCUT2D eigenvalue weighted by atomic mass is 10.8.